The van der Waals surface area contributed by atoms with Crippen molar-refractivity contribution in [1.82, 2.24) is 0 Å². The highest BCUT2D eigenvalue weighted by Crippen LogP contribution is 2.67. The van der Waals surface area contributed by atoms with Gasteiger partial charge < -0.3 is 15.3 Å². The lowest BCUT2D eigenvalue weighted by Gasteiger charge is -2.60. The first kappa shape index (κ1) is 18.3. The van der Waals surface area contributed by atoms with Gasteiger partial charge in [-0.15, -0.1) is 0 Å². The average Bonchev–Trinajstić information content (AvgIpc) is 2.86. The number of rotatable bonds is 2. The van der Waals surface area contributed by atoms with Gasteiger partial charge in [-0.05, 0) is 67.8 Å². The topological polar surface area (TPSA) is 94.8 Å². The highest BCUT2D eigenvalue weighted by molar-refractivity contribution is 5.91. The Balaban J connectivity index is 1.74. The van der Waals surface area contributed by atoms with E-state index in [9.17, 15) is 24.9 Å². The van der Waals surface area contributed by atoms with Crippen molar-refractivity contribution in [3.63, 3.8) is 0 Å². The Labute approximate surface area is 154 Å². The second-order valence-electron chi connectivity index (χ2n) is 9.56. The van der Waals surface area contributed by atoms with Crippen molar-refractivity contribution < 1.29 is 24.9 Å². The minimum absolute atomic E-state index is 0.0697. The fraction of sp³-hybridized carbons (Fsp3) is 0.810. The zero-order valence-electron chi connectivity index (χ0n) is 15.7. The van der Waals surface area contributed by atoms with Gasteiger partial charge in [-0.2, -0.15) is 0 Å². The van der Waals surface area contributed by atoms with Crippen LogP contribution in [0.3, 0.4) is 0 Å². The Hall–Kier alpha value is -1.04. The van der Waals surface area contributed by atoms with Crippen LogP contribution in [0.1, 0.15) is 58.8 Å². The molecule has 4 aliphatic carbocycles. The summed E-state index contributed by atoms with van der Waals surface area (Å²) < 4.78 is 0. The van der Waals surface area contributed by atoms with Crippen LogP contribution in [-0.4, -0.2) is 45.2 Å². The summed E-state index contributed by atoms with van der Waals surface area (Å²) in [6.07, 6.45) is 5.74. The van der Waals surface area contributed by atoms with Gasteiger partial charge in [-0.1, -0.05) is 19.4 Å². The van der Waals surface area contributed by atoms with E-state index in [0.717, 1.165) is 25.7 Å². The van der Waals surface area contributed by atoms with Gasteiger partial charge in [0.2, 0.25) is 0 Å². The molecule has 3 saturated carbocycles. The van der Waals surface area contributed by atoms with Crippen molar-refractivity contribution >= 4 is 11.6 Å². The van der Waals surface area contributed by atoms with Gasteiger partial charge in [-0.3, -0.25) is 9.59 Å². The molecular weight excluding hydrogens is 332 g/mol. The molecule has 0 amide bonds. The van der Waals surface area contributed by atoms with Crippen molar-refractivity contribution in [2.24, 2.45) is 28.6 Å². The first-order chi connectivity index (χ1) is 12.2. The Morgan fingerprint density at radius 3 is 2.65 bits per heavy atom. The number of aliphatic hydroxyl groups is 3. The summed E-state index contributed by atoms with van der Waals surface area (Å²) in [5.41, 5.74) is -1.23. The molecule has 0 aromatic heterocycles. The molecule has 0 aromatic rings. The van der Waals surface area contributed by atoms with E-state index in [1.54, 1.807) is 6.08 Å². The van der Waals surface area contributed by atoms with Gasteiger partial charge in [0.25, 0.3) is 0 Å². The standard InChI is InChI=1S/C21H30O5/c1-19-7-5-13(23)9-12(19)3-4-14-15-6-8-21(26,17(25)11-22)20(15,2)10-16(24)18(14)19/h9,14-16,18,22,24,26H,3-8,10-11H2,1-2H3/t14-,15+,16+,18-,19-,20-,21-/m0/s1. The molecule has 0 aromatic carbocycles. The minimum Gasteiger partial charge on any atom is -0.393 e. The Morgan fingerprint density at radius 1 is 1.23 bits per heavy atom. The molecule has 0 radical (unpaired) electrons. The summed E-state index contributed by atoms with van der Waals surface area (Å²) >= 11 is 0. The lowest BCUT2D eigenvalue weighted by Crippen LogP contribution is -2.62. The molecule has 3 N–H and O–H groups in total. The van der Waals surface area contributed by atoms with Crippen molar-refractivity contribution in [2.75, 3.05) is 6.61 Å². The molecule has 5 nitrogen and oxygen atoms in total. The van der Waals surface area contributed by atoms with Gasteiger partial charge in [0.05, 0.1) is 6.10 Å². The number of hydrogen-bond donors (Lipinski definition) is 3. The van der Waals surface area contributed by atoms with E-state index in [1.807, 2.05) is 6.92 Å². The van der Waals surface area contributed by atoms with E-state index in [0.29, 0.717) is 19.3 Å². The third kappa shape index (κ3) is 2.14. The molecule has 3 fully saturated rings. The van der Waals surface area contributed by atoms with E-state index in [2.05, 4.69) is 6.92 Å². The van der Waals surface area contributed by atoms with Crippen molar-refractivity contribution in [1.29, 1.82) is 0 Å². The lowest BCUT2D eigenvalue weighted by molar-refractivity contribution is -0.182. The molecule has 144 valence electrons. The van der Waals surface area contributed by atoms with Crippen LogP contribution in [0.25, 0.3) is 0 Å². The van der Waals surface area contributed by atoms with Crippen LogP contribution < -0.4 is 0 Å². The van der Waals surface area contributed by atoms with E-state index >= 15 is 0 Å². The fourth-order valence-electron chi connectivity index (χ4n) is 7.28. The number of allylic oxidation sites excluding steroid dienone is 1. The Kier molecular flexibility index (Phi) is 4.04. The molecule has 0 spiro atoms. The molecular formula is C21H30O5. The van der Waals surface area contributed by atoms with Gasteiger partial charge in [-0.25, -0.2) is 0 Å². The lowest BCUT2D eigenvalue weighted by atomic mass is 9.45. The van der Waals surface area contributed by atoms with E-state index in [-0.39, 0.29) is 29.0 Å². The Bertz CT molecular complexity index is 684. The van der Waals surface area contributed by atoms with Crippen molar-refractivity contribution in [3.8, 4) is 0 Å². The summed E-state index contributed by atoms with van der Waals surface area (Å²) in [6, 6.07) is 0. The monoisotopic (exact) mass is 362 g/mol. The number of carbonyl (C=O) groups is 2. The number of ketones is 2. The molecule has 7 atom stereocenters. The highest BCUT2D eigenvalue weighted by atomic mass is 16.3. The van der Waals surface area contributed by atoms with Crippen molar-refractivity contribution in [3.05, 3.63) is 11.6 Å². The zero-order valence-corrected chi connectivity index (χ0v) is 15.7. The minimum atomic E-state index is -1.54. The third-order valence-electron chi connectivity index (χ3n) is 8.65. The van der Waals surface area contributed by atoms with Gasteiger partial charge >= 0.3 is 0 Å². The van der Waals surface area contributed by atoms with Crippen LogP contribution in [-0.2, 0) is 9.59 Å². The second-order valence-corrected chi connectivity index (χ2v) is 9.56. The van der Waals surface area contributed by atoms with E-state index in [4.69, 9.17) is 0 Å². The van der Waals surface area contributed by atoms with Crippen LogP contribution >= 0.6 is 0 Å². The maximum Gasteiger partial charge on any atom is 0.190 e. The van der Waals surface area contributed by atoms with Crippen LogP contribution in [0.4, 0.5) is 0 Å². The molecule has 4 aliphatic rings. The fourth-order valence-corrected chi connectivity index (χ4v) is 7.28. The summed E-state index contributed by atoms with van der Waals surface area (Å²) in [6.45, 7) is 3.46. The predicted molar refractivity (Wildman–Crippen MR) is 95.1 cm³/mol. The largest absolute Gasteiger partial charge is 0.393 e. The summed E-state index contributed by atoms with van der Waals surface area (Å²) in [4.78, 5) is 24.3. The maximum absolute atomic E-state index is 12.4. The van der Waals surface area contributed by atoms with E-state index < -0.39 is 29.5 Å². The number of aliphatic hydroxyl groups excluding tert-OH is 2. The van der Waals surface area contributed by atoms with E-state index in [1.165, 1.54) is 5.57 Å². The second kappa shape index (κ2) is 5.73. The molecule has 26 heavy (non-hydrogen) atoms. The smallest absolute Gasteiger partial charge is 0.190 e. The molecule has 0 saturated heterocycles. The van der Waals surface area contributed by atoms with Crippen LogP contribution in [0.5, 0.6) is 0 Å². The first-order valence-corrected chi connectivity index (χ1v) is 9.96. The zero-order chi connectivity index (χ0) is 18.9. The molecule has 0 heterocycles. The predicted octanol–water partition coefficient (Wildman–Crippen LogP) is 1.78. The molecule has 0 bridgehead atoms. The summed E-state index contributed by atoms with van der Waals surface area (Å²) in [7, 11) is 0. The summed E-state index contributed by atoms with van der Waals surface area (Å²) in [5, 5.41) is 31.7. The maximum atomic E-state index is 12.4. The van der Waals surface area contributed by atoms with Crippen molar-refractivity contribution in [2.45, 2.75) is 70.5 Å². The first-order valence-electron chi connectivity index (χ1n) is 9.96. The SMILES string of the molecule is C[C@]12CCC(=O)C=C1CC[C@@H]1[C@H]2[C@H](O)C[C@@]2(C)[C@@H]1CC[C@]2(O)C(=O)CO. The van der Waals surface area contributed by atoms with Gasteiger partial charge in [0.1, 0.15) is 12.2 Å². The van der Waals surface area contributed by atoms with Crippen LogP contribution in [0.15, 0.2) is 11.6 Å². The Morgan fingerprint density at radius 2 is 1.96 bits per heavy atom. The third-order valence-corrected chi connectivity index (χ3v) is 8.65. The number of Topliss-reactive ketones (excluding diaryl/α,β-unsaturated/α-hetero) is 1. The number of carbonyl (C=O) groups excluding carboxylic acids is 2. The molecule has 5 heteroatoms. The highest BCUT2D eigenvalue weighted by Gasteiger charge is 2.68. The van der Waals surface area contributed by atoms with Gasteiger partial charge in [0.15, 0.2) is 11.6 Å². The normalized spacial score (nSPS) is 50.5. The van der Waals surface area contributed by atoms with Crippen LogP contribution in [0, 0.1) is 28.6 Å². The number of hydrogen-bond acceptors (Lipinski definition) is 5. The summed E-state index contributed by atoms with van der Waals surface area (Å²) in [5.74, 6) is 0.140. The average molecular weight is 362 g/mol. The molecule has 4 rings (SSSR count). The molecule has 0 unspecified atom stereocenters. The van der Waals surface area contributed by atoms with Crippen LogP contribution in [0.2, 0.25) is 0 Å². The van der Waals surface area contributed by atoms with Gasteiger partial charge in [0, 0.05) is 11.8 Å². The molecule has 0 aliphatic heterocycles. The number of fused-ring (bicyclic) bond motifs is 5. The quantitative estimate of drug-likeness (QED) is 0.696.